The van der Waals surface area contributed by atoms with E-state index in [-0.39, 0.29) is 17.9 Å². The molecule has 0 bridgehead atoms. The first-order valence-corrected chi connectivity index (χ1v) is 8.44. The summed E-state index contributed by atoms with van der Waals surface area (Å²) in [4.78, 5) is 35.7. The van der Waals surface area contributed by atoms with E-state index in [9.17, 15) is 9.59 Å². The number of nitrogens with one attached hydrogen (secondary N) is 2. The minimum atomic E-state index is -0.289. The fraction of sp³-hybridized carbons (Fsp3) is 0.200. The van der Waals surface area contributed by atoms with Gasteiger partial charge in [-0.25, -0.2) is 4.98 Å². The van der Waals surface area contributed by atoms with E-state index in [0.29, 0.717) is 23.6 Å². The highest BCUT2D eigenvalue weighted by molar-refractivity contribution is 5.78. The normalized spacial score (nSPS) is 10.5. The van der Waals surface area contributed by atoms with E-state index in [1.807, 2.05) is 30.3 Å². The topological polar surface area (TPSA) is 87.7 Å². The number of benzene rings is 1. The van der Waals surface area contributed by atoms with E-state index < -0.39 is 0 Å². The Hall–Kier alpha value is -3.28. The van der Waals surface area contributed by atoms with E-state index in [4.69, 9.17) is 0 Å². The van der Waals surface area contributed by atoms with Crippen LogP contribution in [-0.4, -0.2) is 27.4 Å². The highest BCUT2D eigenvalue weighted by Crippen LogP contribution is 2.13. The van der Waals surface area contributed by atoms with Crippen molar-refractivity contribution in [3.05, 3.63) is 82.0 Å². The van der Waals surface area contributed by atoms with Gasteiger partial charge in [0.1, 0.15) is 5.82 Å². The van der Waals surface area contributed by atoms with Gasteiger partial charge in [-0.2, -0.15) is 0 Å². The van der Waals surface area contributed by atoms with Crippen molar-refractivity contribution < 1.29 is 4.79 Å². The number of carbonyl (C=O) groups is 1. The molecule has 6 nitrogen and oxygen atoms in total. The largest absolute Gasteiger partial charge is 0.355 e. The van der Waals surface area contributed by atoms with Crippen LogP contribution in [0.1, 0.15) is 16.8 Å². The molecule has 0 atom stereocenters. The first kappa shape index (κ1) is 17.5. The van der Waals surface area contributed by atoms with Crippen LogP contribution in [0.25, 0.3) is 11.4 Å². The lowest BCUT2D eigenvalue weighted by atomic mass is 10.1. The molecule has 2 heterocycles. The maximum absolute atomic E-state index is 12.4. The number of hydrogen-bond acceptors (Lipinski definition) is 4. The third kappa shape index (κ3) is 4.42. The number of aromatic nitrogens is 3. The van der Waals surface area contributed by atoms with Crippen LogP contribution in [-0.2, 0) is 17.6 Å². The third-order valence-electron chi connectivity index (χ3n) is 4.09. The Labute approximate surface area is 151 Å². The van der Waals surface area contributed by atoms with Crippen LogP contribution < -0.4 is 10.9 Å². The lowest BCUT2D eigenvalue weighted by Crippen LogP contribution is -2.30. The van der Waals surface area contributed by atoms with E-state index in [2.05, 4.69) is 20.3 Å². The third-order valence-corrected chi connectivity index (χ3v) is 4.09. The van der Waals surface area contributed by atoms with Gasteiger partial charge >= 0.3 is 0 Å². The summed E-state index contributed by atoms with van der Waals surface area (Å²) in [5.41, 5.74) is 2.59. The molecule has 1 amide bonds. The van der Waals surface area contributed by atoms with Gasteiger partial charge in [-0.1, -0.05) is 30.3 Å². The zero-order chi connectivity index (χ0) is 18.4. The Morgan fingerprint density at radius 1 is 1.12 bits per heavy atom. The quantitative estimate of drug-likeness (QED) is 0.714. The summed E-state index contributed by atoms with van der Waals surface area (Å²) in [6.07, 6.45) is 4.04. The van der Waals surface area contributed by atoms with Crippen molar-refractivity contribution in [2.45, 2.75) is 19.8 Å². The summed E-state index contributed by atoms with van der Waals surface area (Å²) < 4.78 is 0. The van der Waals surface area contributed by atoms with Crippen LogP contribution in [0.15, 0.2) is 59.7 Å². The van der Waals surface area contributed by atoms with Gasteiger partial charge in [-0.3, -0.25) is 14.6 Å². The lowest BCUT2D eigenvalue weighted by Gasteiger charge is -2.08. The number of carbonyl (C=O) groups excluding carboxylic acids is 1. The predicted octanol–water partition coefficient (Wildman–Crippen LogP) is 2.04. The maximum Gasteiger partial charge on any atom is 0.255 e. The molecular formula is C20H20N4O2. The summed E-state index contributed by atoms with van der Waals surface area (Å²) in [7, 11) is 0. The molecule has 26 heavy (non-hydrogen) atoms. The average Bonchev–Trinajstić information content (AvgIpc) is 2.66. The van der Waals surface area contributed by atoms with E-state index in [0.717, 1.165) is 17.5 Å². The summed E-state index contributed by atoms with van der Waals surface area (Å²) in [5, 5.41) is 2.85. The molecule has 0 aliphatic rings. The first-order chi connectivity index (χ1) is 12.6. The summed E-state index contributed by atoms with van der Waals surface area (Å²) in [6.45, 7) is 2.27. The number of aryl methyl sites for hydroxylation is 1. The molecule has 0 aliphatic heterocycles. The van der Waals surface area contributed by atoms with Crippen molar-refractivity contribution in [2.24, 2.45) is 0 Å². The van der Waals surface area contributed by atoms with Gasteiger partial charge in [0, 0.05) is 35.8 Å². The molecule has 6 heteroatoms. The fourth-order valence-corrected chi connectivity index (χ4v) is 2.68. The minimum absolute atomic E-state index is 0.0135. The number of hydrogen-bond donors (Lipinski definition) is 2. The fourth-order valence-electron chi connectivity index (χ4n) is 2.68. The Morgan fingerprint density at radius 2 is 1.85 bits per heavy atom. The minimum Gasteiger partial charge on any atom is -0.355 e. The van der Waals surface area contributed by atoms with Crippen LogP contribution in [0.2, 0.25) is 0 Å². The Bertz CT molecular complexity index is 937. The molecule has 3 rings (SSSR count). The van der Waals surface area contributed by atoms with Crippen molar-refractivity contribution in [2.75, 3.05) is 6.54 Å². The van der Waals surface area contributed by atoms with E-state index >= 15 is 0 Å². The standard InChI is InChI=1S/C20H20N4O2/c1-14-17(13-18(25)22-12-7-15-5-3-2-4-6-15)20(26)24-19(23-14)16-8-10-21-11-9-16/h2-6,8-11H,7,12-13H2,1H3,(H,22,25)(H,23,24,26). The maximum atomic E-state index is 12.4. The molecule has 0 spiro atoms. The van der Waals surface area contributed by atoms with Gasteiger partial charge in [0.25, 0.3) is 5.56 Å². The van der Waals surface area contributed by atoms with E-state index in [1.54, 1.807) is 31.5 Å². The molecule has 2 aromatic heterocycles. The smallest absolute Gasteiger partial charge is 0.255 e. The van der Waals surface area contributed by atoms with Crippen LogP contribution in [0.5, 0.6) is 0 Å². The number of pyridine rings is 1. The van der Waals surface area contributed by atoms with Crippen molar-refractivity contribution in [3.8, 4) is 11.4 Å². The second kappa shape index (κ2) is 8.20. The molecule has 0 fully saturated rings. The first-order valence-electron chi connectivity index (χ1n) is 8.44. The van der Waals surface area contributed by atoms with Gasteiger partial charge in [0.2, 0.25) is 5.91 Å². The van der Waals surface area contributed by atoms with Gasteiger partial charge in [0.15, 0.2) is 0 Å². The Morgan fingerprint density at radius 3 is 2.54 bits per heavy atom. The monoisotopic (exact) mass is 348 g/mol. The van der Waals surface area contributed by atoms with Crippen molar-refractivity contribution in [1.82, 2.24) is 20.3 Å². The van der Waals surface area contributed by atoms with Crippen molar-refractivity contribution in [3.63, 3.8) is 0 Å². The molecule has 3 aromatic rings. The zero-order valence-electron chi connectivity index (χ0n) is 14.5. The van der Waals surface area contributed by atoms with Crippen LogP contribution in [0.3, 0.4) is 0 Å². The molecule has 0 aliphatic carbocycles. The molecule has 0 saturated heterocycles. The average molecular weight is 348 g/mol. The SMILES string of the molecule is Cc1nc(-c2ccncc2)[nH]c(=O)c1CC(=O)NCCc1ccccc1. The van der Waals surface area contributed by atoms with Crippen molar-refractivity contribution in [1.29, 1.82) is 0 Å². The lowest BCUT2D eigenvalue weighted by molar-refractivity contribution is -0.120. The summed E-state index contributed by atoms with van der Waals surface area (Å²) in [5.74, 6) is 0.288. The van der Waals surface area contributed by atoms with Gasteiger partial charge in [0.05, 0.1) is 6.42 Å². The Kier molecular flexibility index (Phi) is 5.53. The second-order valence-electron chi connectivity index (χ2n) is 5.98. The predicted molar refractivity (Wildman–Crippen MR) is 99.7 cm³/mol. The molecule has 1 aromatic carbocycles. The number of rotatable bonds is 6. The van der Waals surface area contributed by atoms with Crippen molar-refractivity contribution >= 4 is 5.91 Å². The molecule has 0 radical (unpaired) electrons. The second-order valence-corrected chi connectivity index (χ2v) is 5.98. The highest BCUT2D eigenvalue weighted by atomic mass is 16.2. The summed E-state index contributed by atoms with van der Waals surface area (Å²) >= 11 is 0. The van der Waals surface area contributed by atoms with Gasteiger partial charge < -0.3 is 10.3 Å². The highest BCUT2D eigenvalue weighted by Gasteiger charge is 2.13. The van der Waals surface area contributed by atoms with Crippen LogP contribution in [0.4, 0.5) is 0 Å². The Balaban J connectivity index is 1.64. The molecule has 0 saturated carbocycles. The number of nitrogens with zero attached hydrogens (tertiary/aromatic N) is 2. The molecule has 0 unspecified atom stereocenters. The summed E-state index contributed by atoms with van der Waals surface area (Å²) in [6, 6.07) is 13.5. The molecule has 2 N–H and O–H groups in total. The molecule has 132 valence electrons. The zero-order valence-corrected chi connectivity index (χ0v) is 14.5. The number of aromatic amines is 1. The van der Waals surface area contributed by atoms with E-state index in [1.165, 1.54) is 0 Å². The molecular weight excluding hydrogens is 328 g/mol. The van der Waals surface area contributed by atoms with Gasteiger partial charge in [-0.15, -0.1) is 0 Å². The number of amides is 1. The van der Waals surface area contributed by atoms with Crippen LogP contribution >= 0.6 is 0 Å². The van der Waals surface area contributed by atoms with Gasteiger partial charge in [-0.05, 0) is 31.0 Å². The number of H-pyrrole nitrogens is 1. The van der Waals surface area contributed by atoms with Crippen LogP contribution in [0, 0.1) is 6.92 Å².